The molecule has 2 atom stereocenters. The van der Waals surface area contributed by atoms with Gasteiger partial charge in [-0.25, -0.2) is 0 Å². The number of rotatable bonds is 4. The van der Waals surface area contributed by atoms with Gasteiger partial charge in [0.25, 0.3) is 5.91 Å². The minimum absolute atomic E-state index is 0.0671. The second-order valence-corrected chi connectivity index (χ2v) is 6.17. The summed E-state index contributed by atoms with van der Waals surface area (Å²) in [4.78, 5) is 15.3. The Morgan fingerprint density at radius 2 is 2.04 bits per heavy atom. The summed E-state index contributed by atoms with van der Waals surface area (Å²) in [6, 6.07) is 9.52. The number of aliphatic hydroxyl groups is 1. The highest BCUT2D eigenvalue weighted by Gasteiger charge is 2.33. The van der Waals surface area contributed by atoms with Crippen LogP contribution in [0.15, 0.2) is 42.6 Å². The number of hydrogen-bond donors (Lipinski definition) is 3. The number of nitrogens with zero attached hydrogens (tertiary/aromatic N) is 1. The largest absolute Gasteiger partial charge is 0.433 e. The normalized spacial score (nSPS) is 18.1. The number of aromatic nitrogens is 1. The van der Waals surface area contributed by atoms with Gasteiger partial charge in [0.1, 0.15) is 5.69 Å². The van der Waals surface area contributed by atoms with Crippen LogP contribution < -0.4 is 10.6 Å². The Labute approximate surface area is 148 Å². The van der Waals surface area contributed by atoms with Crippen LogP contribution in [-0.4, -0.2) is 34.7 Å². The van der Waals surface area contributed by atoms with Crippen molar-refractivity contribution in [3.63, 3.8) is 0 Å². The summed E-state index contributed by atoms with van der Waals surface area (Å²) in [7, 11) is 0. The average molecular weight is 365 g/mol. The molecule has 8 heteroatoms. The summed E-state index contributed by atoms with van der Waals surface area (Å²) >= 11 is 0. The van der Waals surface area contributed by atoms with E-state index in [0.29, 0.717) is 19.0 Å². The first kappa shape index (κ1) is 18.3. The third-order valence-corrected chi connectivity index (χ3v) is 4.36. The minimum Gasteiger partial charge on any atom is -0.390 e. The minimum atomic E-state index is -4.62. The fourth-order valence-electron chi connectivity index (χ4n) is 2.92. The van der Waals surface area contributed by atoms with Gasteiger partial charge in [-0.1, -0.05) is 24.3 Å². The van der Waals surface area contributed by atoms with Crippen LogP contribution in [0.25, 0.3) is 0 Å². The Morgan fingerprint density at radius 1 is 1.31 bits per heavy atom. The van der Waals surface area contributed by atoms with E-state index in [4.69, 9.17) is 0 Å². The molecule has 0 fully saturated rings. The van der Waals surface area contributed by atoms with Crippen LogP contribution in [0, 0.1) is 0 Å². The van der Waals surface area contributed by atoms with Gasteiger partial charge in [-0.3, -0.25) is 9.78 Å². The van der Waals surface area contributed by atoms with Gasteiger partial charge in [0.05, 0.1) is 6.10 Å². The Kier molecular flexibility index (Phi) is 5.24. The number of nitrogens with one attached hydrogen (secondary N) is 2. The van der Waals surface area contributed by atoms with E-state index in [1.54, 1.807) is 0 Å². The summed E-state index contributed by atoms with van der Waals surface area (Å²) in [6.07, 6.45) is -3.93. The topological polar surface area (TPSA) is 74.2 Å². The highest BCUT2D eigenvalue weighted by Crippen LogP contribution is 2.27. The monoisotopic (exact) mass is 365 g/mol. The van der Waals surface area contributed by atoms with Crippen molar-refractivity contribution in [2.45, 2.75) is 31.3 Å². The maximum absolute atomic E-state index is 12.7. The molecule has 1 amide bonds. The number of fused-ring (bicyclic) bond motifs is 1. The first-order chi connectivity index (χ1) is 12.3. The highest BCUT2D eigenvalue weighted by atomic mass is 19.4. The van der Waals surface area contributed by atoms with Crippen LogP contribution in [0.4, 0.5) is 13.2 Å². The molecule has 2 heterocycles. The molecule has 5 nitrogen and oxygen atoms in total. The van der Waals surface area contributed by atoms with Gasteiger partial charge in [0.15, 0.2) is 0 Å². The summed E-state index contributed by atoms with van der Waals surface area (Å²) < 4.78 is 38.0. The first-order valence-corrected chi connectivity index (χ1v) is 8.14. The van der Waals surface area contributed by atoms with Crippen molar-refractivity contribution in [1.82, 2.24) is 15.6 Å². The molecule has 0 radical (unpaired) electrons. The van der Waals surface area contributed by atoms with Gasteiger partial charge >= 0.3 is 6.18 Å². The standard InChI is InChI=1S/C18H18F3N3O2/c19-18(20,21)16-8-12(5-6-22-16)17(26)24-10-15(25)14-7-11-3-1-2-4-13(11)9-23-14/h1-6,8,14-15,23,25H,7,9-10H2,(H,24,26). The first-order valence-electron chi connectivity index (χ1n) is 8.14. The smallest absolute Gasteiger partial charge is 0.390 e. The van der Waals surface area contributed by atoms with Crippen LogP contribution in [0.1, 0.15) is 27.2 Å². The van der Waals surface area contributed by atoms with Gasteiger partial charge in [-0.2, -0.15) is 13.2 Å². The lowest BCUT2D eigenvalue weighted by molar-refractivity contribution is -0.141. The zero-order valence-corrected chi connectivity index (χ0v) is 13.8. The Balaban J connectivity index is 1.58. The molecule has 0 bridgehead atoms. The molecule has 1 aliphatic rings. The number of hydrogen-bond acceptors (Lipinski definition) is 4. The zero-order valence-electron chi connectivity index (χ0n) is 13.8. The van der Waals surface area contributed by atoms with E-state index in [2.05, 4.69) is 15.6 Å². The third kappa shape index (κ3) is 4.20. The highest BCUT2D eigenvalue weighted by molar-refractivity contribution is 5.94. The Morgan fingerprint density at radius 3 is 2.77 bits per heavy atom. The molecular weight excluding hydrogens is 347 g/mol. The van der Waals surface area contributed by atoms with E-state index >= 15 is 0 Å². The van der Waals surface area contributed by atoms with E-state index in [1.165, 1.54) is 6.07 Å². The second-order valence-electron chi connectivity index (χ2n) is 6.17. The molecule has 0 saturated carbocycles. The fraction of sp³-hybridized carbons (Fsp3) is 0.333. The molecule has 3 rings (SSSR count). The molecular formula is C18H18F3N3O2. The van der Waals surface area contributed by atoms with E-state index in [1.807, 2.05) is 24.3 Å². The molecule has 2 aromatic rings. The van der Waals surface area contributed by atoms with E-state index in [-0.39, 0.29) is 18.2 Å². The number of carbonyl (C=O) groups is 1. The van der Waals surface area contributed by atoms with Gasteiger partial charge < -0.3 is 15.7 Å². The van der Waals surface area contributed by atoms with Crippen molar-refractivity contribution < 1.29 is 23.1 Å². The van der Waals surface area contributed by atoms with Crippen molar-refractivity contribution in [2.75, 3.05) is 6.54 Å². The van der Waals surface area contributed by atoms with E-state index in [9.17, 15) is 23.1 Å². The van der Waals surface area contributed by atoms with Crippen molar-refractivity contribution in [2.24, 2.45) is 0 Å². The van der Waals surface area contributed by atoms with E-state index in [0.717, 1.165) is 17.3 Å². The molecule has 1 aromatic carbocycles. The maximum atomic E-state index is 12.7. The number of aliphatic hydroxyl groups excluding tert-OH is 1. The van der Waals surface area contributed by atoms with Crippen molar-refractivity contribution in [3.05, 3.63) is 65.0 Å². The summed E-state index contributed by atoms with van der Waals surface area (Å²) in [5.74, 6) is -0.687. The van der Waals surface area contributed by atoms with Gasteiger partial charge in [-0.05, 0) is 29.7 Å². The predicted molar refractivity (Wildman–Crippen MR) is 88.4 cm³/mol. The van der Waals surface area contributed by atoms with Crippen LogP contribution in [-0.2, 0) is 19.1 Å². The van der Waals surface area contributed by atoms with E-state index < -0.39 is 23.9 Å². The summed E-state index contributed by atoms with van der Waals surface area (Å²) in [6.45, 7) is 0.549. The fourth-order valence-corrected chi connectivity index (χ4v) is 2.92. The zero-order chi connectivity index (χ0) is 18.7. The number of pyridine rings is 1. The summed E-state index contributed by atoms with van der Waals surface area (Å²) in [5.41, 5.74) is 1.01. The predicted octanol–water partition coefficient (Wildman–Crippen LogP) is 1.91. The number of amides is 1. The van der Waals surface area contributed by atoms with Crippen molar-refractivity contribution >= 4 is 5.91 Å². The van der Waals surface area contributed by atoms with Crippen LogP contribution in [0.2, 0.25) is 0 Å². The third-order valence-electron chi connectivity index (χ3n) is 4.36. The van der Waals surface area contributed by atoms with Crippen molar-refractivity contribution in [3.8, 4) is 0 Å². The number of benzene rings is 1. The lowest BCUT2D eigenvalue weighted by Crippen LogP contribution is -2.49. The maximum Gasteiger partial charge on any atom is 0.433 e. The van der Waals surface area contributed by atoms with Gasteiger partial charge in [0.2, 0.25) is 0 Å². The second kappa shape index (κ2) is 7.43. The number of alkyl halides is 3. The van der Waals surface area contributed by atoms with Gasteiger partial charge in [0, 0.05) is 30.9 Å². The SMILES string of the molecule is O=C(NCC(O)C1Cc2ccccc2CN1)c1ccnc(C(F)(F)F)c1. The van der Waals surface area contributed by atoms with Crippen molar-refractivity contribution in [1.29, 1.82) is 0 Å². The van der Waals surface area contributed by atoms with Crippen LogP contribution in [0.3, 0.4) is 0 Å². The molecule has 1 aliphatic heterocycles. The molecule has 3 N–H and O–H groups in total. The number of halogens is 3. The molecule has 1 aromatic heterocycles. The molecule has 0 spiro atoms. The quantitative estimate of drug-likeness (QED) is 0.774. The van der Waals surface area contributed by atoms with Crippen LogP contribution in [0.5, 0.6) is 0 Å². The molecule has 138 valence electrons. The molecule has 26 heavy (non-hydrogen) atoms. The number of carbonyl (C=O) groups excluding carboxylic acids is 1. The molecule has 0 aliphatic carbocycles. The lowest BCUT2D eigenvalue weighted by Gasteiger charge is -2.30. The summed E-state index contributed by atoms with van der Waals surface area (Å²) in [5, 5.41) is 16.0. The lowest BCUT2D eigenvalue weighted by atomic mass is 9.93. The van der Waals surface area contributed by atoms with Crippen LogP contribution >= 0.6 is 0 Å². The van der Waals surface area contributed by atoms with Gasteiger partial charge in [-0.15, -0.1) is 0 Å². The Bertz CT molecular complexity index is 795. The average Bonchev–Trinajstić information content (AvgIpc) is 2.64. The molecule has 0 saturated heterocycles. The Hall–Kier alpha value is -2.45. The molecule has 2 unspecified atom stereocenters.